The van der Waals surface area contributed by atoms with Crippen LogP contribution in [-0.2, 0) is 14.8 Å². The highest BCUT2D eigenvalue weighted by Gasteiger charge is 2.33. The first-order valence-corrected chi connectivity index (χ1v) is 12.0. The third-order valence-electron chi connectivity index (χ3n) is 6.33. The second-order valence-corrected chi connectivity index (χ2v) is 10.3. The van der Waals surface area contributed by atoms with Crippen molar-refractivity contribution in [1.82, 2.24) is 9.21 Å². The highest BCUT2D eigenvalue weighted by molar-refractivity contribution is 7.89. The van der Waals surface area contributed by atoms with Gasteiger partial charge < -0.3 is 9.64 Å². The molecule has 0 aliphatic carbocycles. The minimum atomic E-state index is -3.62. The maximum absolute atomic E-state index is 13.4. The summed E-state index contributed by atoms with van der Waals surface area (Å²) >= 11 is 0. The Bertz CT molecular complexity index is 1070. The van der Waals surface area contributed by atoms with Crippen molar-refractivity contribution in [2.24, 2.45) is 0 Å². The highest BCUT2D eigenvalue weighted by Crippen LogP contribution is 2.29. The average molecular weight is 445 g/mol. The summed E-state index contributed by atoms with van der Waals surface area (Å²) in [5, 5.41) is 0. The van der Waals surface area contributed by atoms with Crippen LogP contribution in [0.2, 0.25) is 0 Å². The molecule has 7 heteroatoms. The van der Waals surface area contributed by atoms with Crippen molar-refractivity contribution in [3.05, 3.63) is 57.6 Å². The summed E-state index contributed by atoms with van der Waals surface area (Å²) in [5.74, 6) is 0.535. The Morgan fingerprint density at radius 3 is 1.97 bits per heavy atom. The molecule has 1 aliphatic heterocycles. The van der Waals surface area contributed by atoms with E-state index in [2.05, 4.69) is 0 Å². The van der Waals surface area contributed by atoms with E-state index in [9.17, 15) is 13.2 Å². The van der Waals surface area contributed by atoms with Crippen LogP contribution >= 0.6 is 0 Å². The van der Waals surface area contributed by atoms with Crippen LogP contribution in [0.4, 0.5) is 0 Å². The normalized spacial score (nSPS) is 15.2. The number of carbonyl (C=O) groups excluding carboxylic acids is 1. The lowest BCUT2D eigenvalue weighted by Gasteiger charge is -2.34. The fourth-order valence-electron chi connectivity index (χ4n) is 3.91. The van der Waals surface area contributed by atoms with Gasteiger partial charge >= 0.3 is 0 Å². The Morgan fingerprint density at radius 2 is 1.42 bits per heavy atom. The molecule has 0 aromatic heterocycles. The lowest BCUT2D eigenvalue weighted by molar-refractivity contribution is -0.134. The summed E-state index contributed by atoms with van der Waals surface area (Å²) < 4.78 is 33.9. The molecule has 2 aromatic carbocycles. The molecular formula is C24H32N2O4S. The first kappa shape index (κ1) is 23.3. The quantitative estimate of drug-likeness (QED) is 0.709. The van der Waals surface area contributed by atoms with Gasteiger partial charge in [0.2, 0.25) is 10.0 Å². The van der Waals surface area contributed by atoms with Gasteiger partial charge in [-0.05, 0) is 87.1 Å². The molecule has 0 N–H and O–H groups in total. The first-order valence-electron chi connectivity index (χ1n) is 10.6. The molecule has 2 aromatic rings. The van der Waals surface area contributed by atoms with Gasteiger partial charge in [0.25, 0.3) is 5.91 Å². The van der Waals surface area contributed by atoms with Crippen LogP contribution in [0.5, 0.6) is 5.75 Å². The monoisotopic (exact) mass is 444 g/mol. The maximum atomic E-state index is 13.4. The third-order valence-corrected chi connectivity index (χ3v) is 8.50. The fourth-order valence-corrected chi connectivity index (χ4v) is 5.91. The Labute approximate surface area is 185 Å². The molecule has 0 unspecified atom stereocenters. The number of ether oxygens (including phenoxy) is 1. The first-order chi connectivity index (χ1) is 14.5. The van der Waals surface area contributed by atoms with Crippen molar-refractivity contribution in [3.63, 3.8) is 0 Å². The van der Waals surface area contributed by atoms with E-state index in [4.69, 9.17) is 4.74 Å². The zero-order valence-electron chi connectivity index (χ0n) is 19.3. The van der Waals surface area contributed by atoms with Crippen LogP contribution in [0, 0.1) is 41.5 Å². The summed E-state index contributed by atoms with van der Waals surface area (Å²) in [7, 11) is -3.62. The number of sulfonamides is 1. The van der Waals surface area contributed by atoms with Crippen LogP contribution < -0.4 is 4.74 Å². The summed E-state index contributed by atoms with van der Waals surface area (Å²) in [5.41, 5.74) is 5.82. The Hall–Kier alpha value is -2.38. The Balaban J connectivity index is 1.65. The second-order valence-electron chi connectivity index (χ2n) is 8.41. The molecule has 168 valence electrons. The third kappa shape index (κ3) is 4.77. The van der Waals surface area contributed by atoms with Gasteiger partial charge in [-0.1, -0.05) is 12.1 Å². The van der Waals surface area contributed by atoms with Crippen molar-refractivity contribution in [3.8, 4) is 5.75 Å². The number of aryl methyl sites for hydroxylation is 4. The Kier molecular flexibility index (Phi) is 6.76. The van der Waals surface area contributed by atoms with Gasteiger partial charge in [0.05, 0.1) is 4.90 Å². The van der Waals surface area contributed by atoms with E-state index in [-0.39, 0.29) is 25.6 Å². The summed E-state index contributed by atoms with van der Waals surface area (Å²) in [4.78, 5) is 14.7. The van der Waals surface area contributed by atoms with Crippen molar-refractivity contribution in [1.29, 1.82) is 0 Å². The number of benzene rings is 2. The number of nitrogens with zero attached hydrogens (tertiary/aromatic N) is 2. The number of piperazine rings is 1. The number of hydrogen-bond donors (Lipinski definition) is 0. The summed E-state index contributed by atoms with van der Waals surface area (Å²) in [6, 6.07) is 7.77. The van der Waals surface area contributed by atoms with Crippen LogP contribution in [0.25, 0.3) is 0 Å². The molecule has 1 heterocycles. The van der Waals surface area contributed by atoms with Gasteiger partial charge in [-0.25, -0.2) is 8.42 Å². The van der Waals surface area contributed by atoms with E-state index in [0.29, 0.717) is 23.7 Å². The minimum absolute atomic E-state index is 0.0510. The van der Waals surface area contributed by atoms with Crippen LogP contribution in [-0.4, -0.2) is 56.3 Å². The van der Waals surface area contributed by atoms with Gasteiger partial charge in [0.1, 0.15) is 5.75 Å². The van der Waals surface area contributed by atoms with E-state index in [0.717, 1.165) is 27.8 Å². The van der Waals surface area contributed by atoms with Crippen LogP contribution in [0.1, 0.15) is 33.4 Å². The number of carbonyl (C=O) groups is 1. The van der Waals surface area contributed by atoms with E-state index < -0.39 is 10.0 Å². The molecule has 1 saturated heterocycles. The SMILES string of the molecule is Cc1ccc(OCC(=O)N2CCN(S(=O)(=O)c3c(C)c(C)cc(C)c3C)CC2)cc1C. The van der Waals surface area contributed by atoms with E-state index in [1.165, 1.54) is 9.87 Å². The number of hydrogen-bond acceptors (Lipinski definition) is 4. The number of rotatable bonds is 5. The van der Waals surface area contributed by atoms with Gasteiger partial charge in [-0.2, -0.15) is 4.31 Å². The molecule has 0 atom stereocenters. The topological polar surface area (TPSA) is 66.9 Å². The highest BCUT2D eigenvalue weighted by atomic mass is 32.2. The zero-order chi connectivity index (χ0) is 22.9. The molecule has 0 radical (unpaired) electrons. The van der Waals surface area contributed by atoms with Gasteiger partial charge in [0, 0.05) is 26.2 Å². The molecule has 0 bridgehead atoms. The molecule has 0 saturated carbocycles. The van der Waals surface area contributed by atoms with Gasteiger partial charge in [-0.15, -0.1) is 0 Å². The molecule has 0 spiro atoms. The molecule has 31 heavy (non-hydrogen) atoms. The van der Waals surface area contributed by atoms with E-state index in [1.54, 1.807) is 4.90 Å². The van der Waals surface area contributed by atoms with E-state index >= 15 is 0 Å². The van der Waals surface area contributed by atoms with E-state index in [1.807, 2.05) is 65.8 Å². The predicted octanol–water partition coefficient (Wildman–Crippen LogP) is 3.45. The molecule has 6 nitrogen and oxygen atoms in total. The maximum Gasteiger partial charge on any atom is 0.260 e. The summed E-state index contributed by atoms with van der Waals surface area (Å²) in [6.07, 6.45) is 0. The number of amides is 1. The van der Waals surface area contributed by atoms with Crippen molar-refractivity contribution >= 4 is 15.9 Å². The standard InChI is InChI=1S/C24H32N2O4S/c1-16-7-8-22(14-17(16)2)30-15-23(27)25-9-11-26(12-10-25)31(28,29)24-20(5)18(3)13-19(4)21(24)6/h7-8,13-14H,9-12,15H2,1-6H3. The minimum Gasteiger partial charge on any atom is -0.484 e. The fraction of sp³-hybridized carbons (Fsp3) is 0.458. The molecule has 1 amide bonds. The predicted molar refractivity (Wildman–Crippen MR) is 122 cm³/mol. The van der Waals surface area contributed by atoms with Crippen LogP contribution in [0.3, 0.4) is 0 Å². The van der Waals surface area contributed by atoms with Gasteiger partial charge in [-0.3, -0.25) is 4.79 Å². The average Bonchev–Trinajstić information content (AvgIpc) is 2.73. The summed E-state index contributed by atoms with van der Waals surface area (Å²) in [6.45, 7) is 12.9. The molecular weight excluding hydrogens is 412 g/mol. The lowest BCUT2D eigenvalue weighted by atomic mass is 10.0. The van der Waals surface area contributed by atoms with Crippen LogP contribution in [0.15, 0.2) is 29.2 Å². The molecule has 1 aliphatic rings. The van der Waals surface area contributed by atoms with Crippen molar-refractivity contribution in [2.75, 3.05) is 32.8 Å². The van der Waals surface area contributed by atoms with Gasteiger partial charge in [0.15, 0.2) is 6.61 Å². The Morgan fingerprint density at radius 1 is 0.839 bits per heavy atom. The largest absolute Gasteiger partial charge is 0.484 e. The van der Waals surface area contributed by atoms with Crippen molar-refractivity contribution in [2.45, 2.75) is 46.4 Å². The molecule has 1 fully saturated rings. The second kappa shape index (κ2) is 9.01. The smallest absolute Gasteiger partial charge is 0.260 e. The molecule has 3 rings (SSSR count). The lowest BCUT2D eigenvalue weighted by Crippen LogP contribution is -2.51. The zero-order valence-corrected chi connectivity index (χ0v) is 20.1. The van der Waals surface area contributed by atoms with Crippen molar-refractivity contribution < 1.29 is 17.9 Å².